The number of rotatable bonds is 4. The van der Waals surface area contributed by atoms with E-state index in [9.17, 15) is 0 Å². The molecule has 0 fully saturated rings. The van der Waals surface area contributed by atoms with Crippen LogP contribution in [-0.2, 0) is 6.54 Å². The summed E-state index contributed by atoms with van der Waals surface area (Å²) in [5.41, 5.74) is 2.31. The molecule has 5 heteroatoms. The van der Waals surface area contributed by atoms with Crippen molar-refractivity contribution < 1.29 is 0 Å². The number of aryl methyl sites for hydroxylation is 3. The van der Waals surface area contributed by atoms with Crippen molar-refractivity contribution in [3.05, 3.63) is 31.7 Å². The van der Waals surface area contributed by atoms with Crippen molar-refractivity contribution in [3.63, 3.8) is 0 Å². The average molecular weight is 281 g/mol. The minimum absolute atomic E-state index is 0.333. The van der Waals surface area contributed by atoms with E-state index in [2.05, 4.69) is 48.1 Å². The lowest BCUT2D eigenvalue weighted by molar-refractivity contribution is 0.248. The molecule has 0 aliphatic carbocycles. The van der Waals surface area contributed by atoms with Crippen molar-refractivity contribution in [2.24, 2.45) is 0 Å². The van der Waals surface area contributed by atoms with Crippen LogP contribution in [0.15, 0.2) is 5.38 Å². The van der Waals surface area contributed by atoms with Gasteiger partial charge in [0.1, 0.15) is 5.01 Å². The smallest absolute Gasteiger partial charge is 0.107 e. The topological polar surface area (TPSA) is 29.0 Å². The van der Waals surface area contributed by atoms with E-state index in [1.807, 2.05) is 6.92 Å². The number of hydrogen-bond acceptors (Lipinski definition) is 5. The highest BCUT2D eigenvalue weighted by Crippen LogP contribution is 2.27. The second-order valence-electron chi connectivity index (χ2n) is 4.65. The van der Waals surface area contributed by atoms with Crippen LogP contribution in [0.25, 0.3) is 0 Å². The number of thiazole rings is 2. The van der Waals surface area contributed by atoms with Crippen molar-refractivity contribution in [3.8, 4) is 0 Å². The Morgan fingerprint density at radius 1 is 1.28 bits per heavy atom. The molecular formula is C13H19N3S2. The van der Waals surface area contributed by atoms with Crippen molar-refractivity contribution in [1.29, 1.82) is 0 Å². The van der Waals surface area contributed by atoms with E-state index in [0.717, 1.165) is 17.2 Å². The average Bonchev–Trinajstić information content (AvgIpc) is 2.84. The Morgan fingerprint density at radius 2 is 2.00 bits per heavy atom. The summed E-state index contributed by atoms with van der Waals surface area (Å²) < 4.78 is 0. The molecule has 3 nitrogen and oxygen atoms in total. The molecule has 2 aromatic rings. The van der Waals surface area contributed by atoms with Crippen molar-refractivity contribution in [2.45, 2.75) is 40.3 Å². The SMILES string of the molecule is Cc1csc(CN(C)C(C)c2nc(C)sc2C)n1. The minimum atomic E-state index is 0.333. The molecule has 18 heavy (non-hydrogen) atoms. The molecule has 2 aromatic heterocycles. The Hall–Kier alpha value is -0.780. The lowest BCUT2D eigenvalue weighted by Gasteiger charge is -2.22. The van der Waals surface area contributed by atoms with E-state index in [4.69, 9.17) is 0 Å². The van der Waals surface area contributed by atoms with Gasteiger partial charge in [0.2, 0.25) is 0 Å². The summed E-state index contributed by atoms with van der Waals surface area (Å²) in [6.45, 7) is 9.35. The number of hydrogen-bond donors (Lipinski definition) is 0. The van der Waals surface area contributed by atoms with Gasteiger partial charge in [0.15, 0.2) is 0 Å². The second-order valence-corrected chi connectivity index (χ2v) is 7.00. The molecular weight excluding hydrogens is 262 g/mol. The molecule has 0 amide bonds. The first-order valence-electron chi connectivity index (χ1n) is 6.02. The Kier molecular flexibility index (Phi) is 4.14. The van der Waals surface area contributed by atoms with E-state index in [1.54, 1.807) is 22.7 Å². The zero-order chi connectivity index (χ0) is 13.3. The van der Waals surface area contributed by atoms with Crippen LogP contribution in [0, 0.1) is 20.8 Å². The molecule has 0 radical (unpaired) electrons. The van der Waals surface area contributed by atoms with Crippen LogP contribution in [0.4, 0.5) is 0 Å². The predicted octanol–water partition coefficient (Wildman–Crippen LogP) is 3.72. The first kappa shape index (κ1) is 13.6. The summed E-state index contributed by atoms with van der Waals surface area (Å²) in [5, 5.41) is 4.42. The monoisotopic (exact) mass is 281 g/mol. The fourth-order valence-corrected chi connectivity index (χ4v) is 3.71. The van der Waals surface area contributed by atoms with Gasteiger partial charge in [0, 0.05) is 16.0 Å². The maximum absolute atomic E-state index is 4.64. The van der Waals surface area contributed by atoms with E-state index in [1.165, 1.54) is 15.6 Å². The third-order valence-corrected chi connectivity index (χ3v) is 4.90. The van der Waals surface area contributed by atoms with Gasteiger partial charge in [-0.2, -0.15) is 0 Å². The van der Waals surface area contributed by atoms with Crippen LogP contribution in [0.5, 0.6) is 0 Å². The van der Waals surface area contributed by atoms with Gasteiger partial charge in [-0.3, -0.25) is 4.90 Å². The van der Waals surface area contributed by atoms with Crippen LogP contribution < -0.4 is 0 Å². The van der Waals surface area contributed by atoms with Crippen molar-refractivity contribution in [1.82, 2.24) is 14.9 Å². The summed E-state index contributed by atoms with van der Waals surface area (Å²) in [7, 11) is 2.13. The van der Waals surface area contributed by atoms with Crippen LogP contribution in [-0.4, -0.2) is 21.9 Å². The molecule has 0 aliphatic heterocycles. The minimum Gasteiger partial charge on any atom is -0.291 e. The fourth-order valence-electron chi connectivity index (χ4n) is 1.97. The Labute approximate surface area is 117 Å². The lowest BCUT2D eigenvalue weighted by atomic mass is 10.2. The van der Waals surface area contributed by atoms with Gasteiger partial charge < -0.3 is 0 Å². The highest BCUT2D eigenvalue weighted by atomic mass is 32.1. The quantitative estimate of drug-likeness (QED) is 0.855. The fraction of sp³-hybridized carbons (Fsp3) is 0.538. The summed E-state index contributed by atoms with van der Waals surface area (Å²) in [6.07, 6.45) is 0. The molecule has 0 aromatic carbocycles. The normalized spacial score (nSPS) is 13.2. The Bertz CT molecular complexity index is 530. The highest BCUT2D eigenvalue weighted by Gasteiger charge is 2.18. The maximum atomic E-state index is 4.64. The Balaban J connectivity index is 2.09. The number of aromatic nitrogens is 2. The van der Waals surface area contributed by atoms with Crippen LogP contribution >= 0.6 is 22.7 Å². The summed E-state index contributed by atoms with van der Waals surface area (Å²) >= 11 is 3.50. The molecule has 0 bridgehead atoms. The Morgan fingerprint density at radius 3 is 2.50 bits per heavy atom. The molecule has 0 aliphatic rings. The largest absolute Gasteiger partial charge is 0.291 e. The molecule has 2 rings (SSSR count). The van der Waals surface area contributed by atoms with Crippen LogP contribution in [0.3, 0.4) is 0 Å². The third kappa shape index (κ3) is 2.96. The molecule has 98 valence electrons. The molecule has 0 saturated heterocycles. The van der Waals surface area contributed by atoms with Gasteiger partial charge in [0.25, 0.3) is 0 Å². The first-order chi connectivity index (χ1) is 8.47. The third-order valence-electron chi connectivity index (χ3n) is 3.05. The van der Waals surface area contributed by atoms with Gasteiger partial charge >= 0.3 is 0 Å². The predicted molar refractivity (Wildman–Crippen MR) is 78.3 cm³/mol. The standard InChI is InChI=1S/C13H19N3S2/c1-8-7-17-12(14-8)6-16(5)9(2)13-10(3)18-11(4)15-13/h7,9H,6H2,1-5H3. The van der Waals surface area contributed by atoms with Crippen LogP contribution in [0.2, 0.25) is 0 Å². The van der Waals surface area contributed by atoms with Crippen molar-refractivity contribution in [2.75, 3.05) is 7.05 Å². The van der Waals surface area contributed by atoms with E-state index in [-0.39, 0.29) is 0 Å². The number of nitrogens with zero attached hydrogens (tertiary/aromatic N) is 3. The van der Waals surface area contributed by atoms with Gasteiger partial charge in [-0.1, -0.05) is 0 Å². The molecule has 1 atom stereocenters. The van der Waals surface area contributed by atoms with Crippen molar-refractivity contribution >= 4 is 22.7 Å². The summed E-state index contributed by atoms with van der Waals surface area (Å²) in [5.74, 6) is 0. The van der Waals surface area contributed by atoms with E-state index >= 15 is 0 Å². The zero-order valence-corrected chi connectivity index (χ0v) is 13.2. The van der Waals surface area contributed by atoms with Gasteiger partial charge in [0.05, 0.1) is 23.3 Å². The molecule has 2 heterocycles. The summed E-state index contributed by atoms with van der Waals surface area (Å²) in [6, 6.07) is 0.333. The highest BCUT2D eigenvalue weighted by molar-refractivity contribution is 7.11. The summed E-state index contributed by atoms with van der Waals surface area (Å²) in [4.78, 5) is 12.8. The van der Waals surface area contributed by atoms with Gasteiger partial charge in [-0.15, -0.1) is 22.7 Å². The molecule has 0 N–H and O–H groups in total. The first-order valence-corrected chi connectivity index (χ1v) is 7.72. The van der Waals surface area contributed by atoms with Gasteiger partial charge in [-0.05, 0) is 34.7 Å². The zero-order valence-electron chi connectivity index (χ0n) is 11.5. The molecule has 0 spiro atoms. The molecule has 0 saturated carbocycles. The van der Waals surface area contributed by atoms with Gasteiger partial charge in [-0.25, -0.2) is 9.97 Å². The second kappa shape index (κ2) is 5.47. The maximum Gasteiger partial charge on any atom is 0.107 e. The lowest BCUT2D eigenvalue weighted by Crippen LogP contribution is -2.22. The van der Waals surface area contributed by atoms with E-state index in [0.29, 0.717) is 6.04 Å². The molecule has 1 unspecified atom stereocenters. The van der Waals surface area contributed by atoms with E-state index < -0.39 is 0 Å². The van der Waals surface area contributed by atoms with Crippen LogP contribution in [0.1, 0.15) is 39.2 Å².